The van der Waals surface area contributed by atoms with E-state index in [1.165, 1.54) is 0 Å². The van der Waals surface area contributed by atoms with Gasteiger partial charge in [-0.3, -0.25) is 4.79 Å². The summed E-state index contributed by atoms with van der Waals surface area (Å²) in [5.41, 5.74) is 0.483. The number of carbonyl (C=O) groups is 2. The topological polar surface area (TPSA) is 72.8 Å². The summed E-state index contributed by atoms with van der Waals surface area (Å²) in [6.45, 7) is 4.38. The van der Waals surface area contributed by atoms with Crippen molar-refractivity contribution in [1.29, 1.82) is 0 Å². The lowest BCUT2D eigenvalue weighted by Crippen LogP contribution is -2.37. The predicted octanol–water partition coefficient (Wildman–Crippen LogP) is 2.81. The number of Topliss-reactive ketones (excluding diaryl/α,β-unsaturated/α-hetero) is 1. The molecule has 0 amide bonds. The van der Waals surface area contributed by atoms with Crippen LogP contribution in [-0.4, -0.2) is 35.7 Å². The number of carbonyl (C=O) groups excluding carboxylic acids is 2. The molecule has 0 bridgehead atoms. The fourth-order valence-corrected chi connectivity index (χ4v) is 2.82. The van der Waals surface area contributed by atoms with Crippen LogP contribution in [0.3, 0.4) is 0 Å². The number of benzene rings is 1. The molecule has 0 radical (unpaired) electrons. The van der Waals surface area contributed by atoms with Crippen LogP contribution in [0.15, 0.2) is 42.0 Å². The van der Waals surface area contributed by atoms with E-state index in [1.807, 2.05) is 30.3 Å². The molecule has 1 fully saturated rings. The highest BCUT2D eigenvalue weighted by atomic mass is 16.5. The number of ether oxygens (including phenoxy) is 2. The first-order valence-electron chi connectivity index (χ1n) is 8.61. The molecule has 1 aliphatic heterocycles. The Bertz CT molecular complexity index is 613. The van der Waals surface area contributed by atoms with Crippen molar-refractivity contribution in [3.8, 4) is 0 Å². The highest BCUT2D eigenvalue weighted by molar-refractivity contribution is 5.90. The number of rotatable bonds is 9. The Morgan fingerprint density at radius 1 is 1.36 bits per heavy atom. The quantitative estimate of drug-likeness (QED) is 0.423. The molecular formula is C20H26O5. The van der Waals surface area contributed by atoms with Crippen molar-refractivity contribution in [2.75, 3.05) is 13.2 Å². The number of allylic oxidation sites excluding steroid dienone is 1. The zero-order valence-corrected chi connectivity index (χ0v) is 14.9. The lowest BCUT2D eigenvalue weighted by molar-refractivity contribution is -0.135. The van der Waals surface area contributed by atoms with Gasteiger partial charge in [0, 0.05) is 24.3 Å². The third-order valence-electron chi connectivity index (χ3n) is 4.31. The molecule has 25 heavy (non-hydrogen) atoms. The first kappa shape index (κ1) is 19.3. The van der Waals surface area contributed by atoms with Crippen molar-refractivity contribution >= 4 is 11.8 Å². The molecule has 1 saturated heterocycles. The van der Waals surface area contributed by atoms with Gasteiger partial charge in [0.1, 0.15) is 5.78 Å². The molecule has 0 aromatic heterocycles. The minimum Gasteiger partial charge on any atom is -0.462 e. The summed E-state index contributed by atoms with van der Waals surface area (Å²) in [6.07, 6.45) is 2.84. The molecule has 0 saturated carbocycles. The van der Waals surface area contributed by atoms with Gasteiger partial charge < -0.3 is 14.6 Å². The monoisotopic (exact) mass is 346 g/mol. The standard InChI is InChI=1S/C20H26O5/c1-20(2,23)17(9-8-16-10-13-25-19(16)22)18(21)11-12-24-14-15-6-4-3-5-7-15/h3-8,17,23H,9-14H2,1-2H3/b16-8+/t17-/m1/s1. The van der Waals surface area contributed by atoms with E-state index >= 15 is 0 Å². The van der Waals surface area contributed by atoms with Gasteiger partial charge >= 0.3 is 5.97 Å². The SMILES string of the molecule is CC(C)(O)[C@H](C/C=C1\CCOC1=O)C(=O)CCOCc1ccccc1. The zero-order valence-electron chi connectivity index (χ0n) is 14.9. The summed E-state index contributed by atoms with van der Waals surface area (Å²) in [7, 11) is 0. The zero-order chi connectivity index (χ0) is 18.3. The van der Waals surface area contributed by atoms with Crippen LogP contribution in [0.5, 0.6) is 0 Å². The first-order valence-corrected chi connectivity index (χ1v) is 8.61. The van der Waals surface area contributed by atoms with Crippen LogP contribution >= 0.6 is 0 Å². The van der Waals surface area contributed by atoms with E-state index in [9.17, 15) is 14.7 Å². The Morgan fingerprint density at radius 3 is 2.68 bits per heavy atom. The van der Waals surface area contributed by atoms with Crippen molar-refractivity contribution < 1.29 is 24.2 Å². The summed E-state index contributed by atoms with van der Waals surface area (Å²) in [5, 5.41) is 10.3. The fraction of sp³-hybridized carbons (Fsp3) is 0.500. The highest BCUT2D eigenvalue weighted by Crippen LogP contribution is 2.25. The maximum atomic E-state index is 12.5. The average Bonchev–Trinajstić information content (AvgIpc) is 2.97. The average molecular weight is 346 g/mol. The predicted molar refractivity (Wildman–Crippen MR) is 93.8 cm³/mol. The molecule has 0 aliphatic carbocycles. The second-order valence-electron chi connectivity index (χ2n) is 6.81. The number of esters is 1. The smallest absolute Gasteiger partial charge is 0.333 e. The van der Waals surface area contributed by atoms with Crippen molar-refractivity contribution in [1.82, 2.24) is 0 Å². The number of ketones is 1. The fourth-order valence-electron chi connectivity index (χ4n) is 2.82. The lowest BCUT2D eigenvalue weighted by Gasteiger charge is -2.27. The normalized spacial score (nSPS) is 17.6. The molecule has 1 heterocycles. The molecule has 136 valence electrons. The maximum absolute atomic E-state index is 12.5. The maximum Gasteiger partial charge on any atom is 0.333 e. The molecule has 0 unspecified atom stereocenters. The van der Waals surface area contributed by atoms with E-state index in [1.54, 1.807) is 19.9 Å². The number of hydrogen-bond donors (Lipinski definition) is 1. The summed E-state index contributed by atoms with van der Waals surface area (Å²) < 4.78 is 10.4. The largest absolute Gasteiger partial charge is 0.462 e. The molecule has 5 nitrogen and oxygen atoms in total. The van der Waals surface area contributed by atoms with Gasteiger partial charge in [-0.15, -0.1) is 0 Å². The van der Waals surface area contributed by atoms with Crippen LogP contribution < -0.4 is 0 Å². The minimum absolute atomic E-state index is 0.0659. The van der Waals surface area contributed by atoms with Crippen LogP contribution in [0.1, 0.15) is 38.7 Å². The van der Waals surface area contributed by atoms with Gasteiger partial charge in [-0.05, 0) is 25.8 Å². The minimum atomic E-state index is -1.16. The third-order valence-corrected chi connectivity index (χ3v) is 4.31. The van der Waals surface area contributed by atoms with E-state index in [2.05, 4.69) is 0 Å². The van der Waals surface area contributed by atoms with Gasteiger partial charge in [0.2, 0.25) is 0 Å². The first-order chi connectivity index (χ1) is 11.9. The molecule has 1 aromatic carbocycles. The number of hydrogen-bond acceptors (Lipinski definition) is 5. The van der Waals surface area contributed by atoms with Crippen LogP contribution in [0.4, 0.5) is 0 Å². The van der Waals surface area contributed by atoms with Crippen molar-refractivity contribution in [3.63, 3.8) is 0 Å². The van der Waals surface area contributed by atoms with Crippen LogP contribution in [0.2, 0.25) is 0 Å². The van der Waals surface area contributed by atoms with E-state index in [4.69, 9.17) is 9.47 Å². The van der Waals surface area contributed by atoms with E-state index < -0.39 is 11.5 Å². The summed E-state index contributed by atoms with van der Waals surface area (Å²) >= 11 is 0. The number of cyclic esters (lactones) is 1. The van der Waals surface area contributed by atoms with Crippen molar-refractivity contribution in [3.05, 3.63) is 47.5 Å². The summed E-state index contributed by atoms with van der Waals surface area (Å²) in [6, 6.07) is 9.75. The Hall–Kier alpha value is -1.98. The Morgan fingerprint density at radius 2 is 2.08 bits per heavy atom. The molecule has 2 rings (SSSR count). The second kappa shape index (κ2) is 8.92. The van der Waals surface area contributed by atoms with Gasteiger partial charge in [0.25, 0.3) is 0 Å². The molecular weight excluding hydrogens is 320 g/mol. The van der Waals surface area contributed by atoms with Crippen LogP contribution in [-0.2, 0) is 25.7 Å². The van der Waals surface area contributed by atoms with Crippen LogP contribution in [0, 0.1) is 5.92 Å². The van der Waals surface area contributed by atoms with Gasteiger partial charge in [-0.1, -0.05) is 36.4 Å². The Balaban J connectivity index is 1.84. The number of aliphatic hydroxyl groups is 1. The summed E-state index contributed by atoms with van der Waals surface area (Å²) in [5.74, 6) is -0.967. The van der Waals surface area contributed by atoms with Gasteiger partial charge in [0.15, 0.2) is 0 Å². The van der Waals surface area contributed by atoms with Gasteiger partial charge in [0.05, 0.1) is 25.4 Å². The Labute approximate surface area is 148 Å². The van der Waals surface area contributed by atoms with Crippen molar-refractivity contribution in [2.45, 2.75) is 45.3 Å². The second-order valence-corrected chi connectivity index (χ2v) is 6.81. The lowest BCUT2D eigenvalue weighted by atomic mass is 9.83. The van der Waals surface area contributed by atoms with Gasteiger partial charge in [-0.25, -0.2) is 4.79 Å². The molecule has 1 aliphatic rings. The van der Waals surface area contributed by atoms with Gasteiger partial charge in [-0.2, -0.15) is 0 Å². The molecule has 1 N–H and O–H groups in total. The highest BCUT2D eigenvalue weighted by Gasteiger charge is 2.32. The van der Waals surface area contributed by atoms with E-state index in [0.717, 1.165) is 5.56 Å². The summed E-state index contributed by atoms with van der Waals surface area (Å²) in [4.78, 5) is 24.0. The van der Waals surface area contributed by atoms with Crippen LogP contribution in [0.25, 0.3) is 0 Å². The molecule has 0 spiro atoms. The molecule has 1 atom stereocenters. The Kier molecular flexibility index (Phi) is 6.91. The van der Waals surface area contributed by atoms with E-state index in [0.29, 0.717) is 38.2 Å². The third kappa shape index (κ3) is 6.11. The molecule has 1 aromatic rings. The van der Waals surface area contributed by atoms with E-state index in [-0.39, 0.29) is 18.2 Å². The molecule has 5 heteroatoms. The van der Waals surface area contributed by atoms with Crippen molar-refractivity contribution in [2.24, 2.45) is 5.92 Å².